The van der Waals surface area contributed by atoms with E-state index in [9.17, 15) is 0 Å². The van der Waals surface area contributed by atoms with Crippen LogP contribution in [0.25, 0.3) is 138 Å². The van der Waals surface area contributed by atoms with Crippen molar-refractivity contribution < 1.29 is 4.42 Å². The molecule has 5 nitrogen and oxygen atoms in total. The summed E-state index contributed by atoms with van der Waals surface area (Å²) in [6.07, 6.45) is 0. The minimum atomic E-state index is 0.578. The first-order valence-corrected chi connectivity index (χ1v) is 22.3. The standard InChI is InChI=1S/C61H36N4O/c1-2-14-39(15-3-1)59-62-60(40-27-25-38(26-28-40)47-24-12-20-37-13-8-9-21-46(37)47)64-61(63-59)45-29-30-50-56(35-45)66-57-36-55(48-22-10-11-23-49(48)58(50)57)65-53-33-43-18-6-4-16-41(43)31-51(53)52-32-42-17-5-7-19-44(42)34-54(52)65/h1-36H. The summed E-state index contributed by atoms with van der Waals surface area (Å²) in [6.45, 7) is 0. The van der Waals surface area contributed by atoms with Crippen molar-refractivity contribution in [3.8, 4) is 51.0 Å². The molecule has 0 spiro atoms. The van der Waals surface area contributed by atoms with Crippen molar-refractivity contribution in [3.63, 3.8) is 0 Å². The van der Waals surface area contributed by atoms with Crippen LogP contribution in [-0.4, -0.2) is 19.5 Å². The van der Waals surface area contributed by atoms with Gasteiger partial charge in [0.25, 0.3) is 0 Å². The molecule has 0 bridgehead atoms. The van der Waals surface area contributed by atoms with E-state index in [0.717, 1.165) is 71.7 Å². The normalized spacial score (nSPS) is 11.9. The highest BCUT2D eigenvalue weighted by atomic mass is 16.3. The Hall–Kier alpha value is -8.93. The number of fused-ring (bicyclic) bond motifs is 11. The third-order valence-electron chi connectivity index (χ3n) is 13.4. The van der Waals surface area contributed by atoms with Crippen molar-refractivity contribution >= 4 is 86.8 Å². The largest absolute Gasteiger partial charge is 0.456 e. The third kappa shape index (κ3) is 5.70. The summed E-state index contributed by atoms with van der Waals surface area (Å²) in [5.74, 6) is 1.80. The topological polar surface area (TPSA) is 56.7 Å². The molecule has 11 aromatic carbocycles. The molecule has 14 aromatic rings. The summed E-state index contributed by atoms with van der Waals surface area (Å²) in [5.41, 5.74) is 9.99. The van der Waals surface area contributed by atoms with Gasteiger partial charge in [-0.25, -0.2) is 15.0 Å². The molecule has 5 heteroatoms. The highest BCUT2D eigenvalue weighted by Gasteiger charge is 2.21. The Morgan fingerprint density at radius 3 is 1.47 bits per heavy atom. The monoisotopic (exact) mass is 840 g/mol. The van der Waals surface area contributed by atoms with Crippen LogP contribution in [-0.2, 0) is 0 Å². The zero-order valence-corrected chi connectivity index (χ0v) is 35.5. The van der Waals surface area contributed by atoms with Crippen LogP contribution in [0.3, 0.4) is 0 Å². The summed E-state index contributed by atoms with van der Waals surface area (Å²) in [6, 6.07) is 77.6. The maximum absolute atomic E-state index is 6.96. The van der Waals surface area contributed by atoms with E-state index in [0.29, 0.717) is 17.5 Å². The first kappa shape index (κ1) is 36.5. The fourth-order valence-corrected chi connectivity index (χ4v) is 10.2. The smallest absolute Gasteiger partial charge is 0.164 e. The molecule has 0 fully saturated rings. The van der Waals surface area contributed by atoms with Gasteiger partial charge >= 0.3 is 0 Å². The summed E-state index contributed by atoms with van der Waals surface area (Å²) in [4.78, 5) is 15.3. The second-order valence-corrected chi connectivity index (χ2v) is 17.2. The summed E-state index contributed by atoms with van der Waals surface area (Å²) < 4.78 is 9.40. The van der Waals surface area contributed by atoms with Gasteiger partial charge in [-0.1, -0.05) is 176 Å². The Kier molecular flexibility index (Phi) is 7.91. The molecule has 306 valence electrons. The Balaban J connectivity index is 0.944. The second-order valence-electron chi connectivity index (χ2n) is 17.2. The Bertz CT molecular complexity index is 4180. The first-order valence-electron chi connectivity index (χ1n) is 22.3. The third-order valence-corrected chi connectivity index (χ3v) is 13.4. The fourth-order valence-electron chi connectivity index (χ4n) is 10.2. The van der Waals surface area contributed by atoms with Crippen molar-refractivity contribution in [3.05, 3.63) is 218 Å². The molecule has 0 N–H and O–H groups in total. The van der Waals surface area contributed by atoms with Gasteiger partial charge in [0.1, 0.15) is 11.2 Å². The maximum Gasteiger partial charge on any atom is 0.164 e. The van der Waals surface area contributed by atoms with Crippen molar-refractivity contribution in [1.82, 2.24) is 19.5 Å². The molecule has 0 aliphatic rings. The zero-order valence-electron chi connectivity index (χ0n) is 35.5. The molecule has 0 aliphatic heterocycles. The molecule has 0 amide bonds. The van der Waals surface area contributed by atoms with Crippen LogP contribution in [0.2, 0.25) is 0 Å². The SMILES string of the molecule is c1ccc(-c2nc(-c3ccc(-c4cccc5ccccc45)cc3)nc(-c3ccc4c(c3)oc3cc(-n5c6cc7ccccc7cc6c6cc7ccccc7cc65)c5ccccc5c34)n2)cc1. The van der Waals surface area contributed by atoms with Crippen LogP contribution in [0.5, 0.6) is 0 Å². The number of hydrogen-bond acceptors (Lipinski definition) is 4. The van der Waals surface area contributed by atoms with Crippen molar-refractivity contribution in [2.75, 3.05) is 0 Å². The molecule has 14 rings (SSSR count). The number of nitrogens with zero attached hydrogens (tertiary/aromatic N) is 4. The Morgan fingerprint density at radius 2 is 0.803 bits per heavy atom. The molecular weight excluding hydrogens is 805 g/mol. The summed E-state index contributed by atoms with van der Waals surface area (Å²) in [5, 5.41) is 14.1. The molecule has 0 unspecified atom stereocenters. The number of hydrogen-bond donors (Lipinski definition) is 0. The lowest BCUT2D eigenvalue weighted by molar-refractivity contribution is 0.669. The molecule has 0 saturated carbocycles. The predicted octanol–water partition coefficient (Wildman–Crippen LogP) is 16.1. The van der Waals surface area contributed by atoms with Crippen molar-refractivity contribution in [2.24, 2.45) is 0 Å². The maximum atomic E-state index is 6.96. The van der Waals surface area contributed by atoms with Crippen LogP contribution in [0.4, 0.5) is 0 Å². The zero-order chi connectivity index (χ0) is 43.3. The van der Waals surface area contributed by atoms with Gasteiger partial charge in [0, 0.05) is 49.7 Å². The van der Waals surface area contributed by atoms with E-state index in [1.165, 1.54) is 48.7 Å². The second kappa shape index (κ2) is 14.3. The van der Waals surface area contributed by atoms with Gasteiger partial charge in [0.2, 0.25) is 0 Å². The number of furan rings is 1. The lowest BCUT2D eigenvalue weighted by Crippen LogP contribution is -2.00. The predicted molar refractivity (Wildman–Crippen MR) is 273 cm³/mol. The number of rotatable bonds is 5. The Morgan fingerprint density at radius 1 is 0.303 bits per heavy atom. The fraction of sp³-hybridized carbons (Fsp3) is 0. The van der Waals surface area contributed by atoms with Gasteiger partial charge in [-0.05, 0) is 85.2 Å². The van der Waals surface area contributed by atoms with Gasteiger partial charge in [-0.2, -0.15) is 0 Å². The average molecular weight is 841 g/mol. The molecule has 3 aromatic heterocycles. The molecular formula is C61H36N4O. The lowest BCUT2D eigenvalue weighted by Gasteiger charge is -2.13. The Labute approximate surface area is 378 Å². The van der Waals surface area contributed by atoms with E-state index in [4.69, 9.17) is 19.4 Å². The van der Waals surface area contributed by atoms with E-state index in [1.54, 1.807) is 0 Å². The van der Waals surface area contributed by atoms with Gasteiger partial charge in [0.05, 0.1) is 16.7 Å². The quantitative estimate of drug-likeness (QED) is 0.173. The number of aromatic nitrogens is 4. The van der Waals surface area contributed by atoms with Gasteiger partial charge in [-0.15, -0.1) is 0 Å². The first-order chi connectivity index (χ1) is 32.7. The summed E-state index contributed by atoms with van der Waals surface area (Å²) >= 11 is 0. The highest BCUT2D eigenvalue weighted by molar-refractivity contribution is 6.23. The summed E-state index contributed by atoms with van der Waals surface area (Å²) in [7, 11) is 0. The molecule has 3 heterocycles. The van der Waals surface area contributed by atoms with Crippen molar-refractivity contribution in [2.45, 2.75) is 0 Å². The minimum Gasteiger partial charge on any atom is -0.456 e. The molecule has 0 saturated heterocycles. The van der Waals surface area contributed by atoms with Crippen LogP contribution in [0.15, 0.2) is 223 Å². The van der Waals surface area contributed by atoms with Crippen LogP contribution in [0, 0.1) is 0 Å². The van der Waals surface area contributed by atoms with E-state index < -0.39 is 0 Å². The molecule has 0 aliphatic carbocycles. The van der Waals surface area contributed by atoms with Gasteiger partial charge < -0.3 is 8.98 Å². The van der Waals surface area contributed by atoms with E-state index in [2.05, 4.69) is 193 Å². The van der Waals surface area contributed by atoms with E-state index in [-0.39, 0.29) is 0 Å². The minimum absolute atomic E-state index is 0.578. The van der Waals surface area contributed by atoms with Gasteiger partial charge in [0.15, 0.2) is 17.5 Å². The molecule has 0 atom stereocenters. The lowest BCUT2D eigenvalue weighted by atomic mass is 9.97. The van der Waals surface area contributed by atoms with Crippen LogP contribution >= 0.6 is 0 Å². The van der Waals surface area contributed by atoms with Crippen molar-refractivity contribution in [1.29, 1.82) is 0 Å². The van der Waals surface area contributed by atoms with Gasteiger partial charge in [-0.3, -0.25) is 0 Å². The van der Waals surface area contributed by atoms with E-state index >= 15 is 0 Å². The highest BCUT2D eigenvalue weighted by Crippen LogP contribution is 2.43. The molecule has 66 heavy (non-hydrogen) atoms. The molecule has 0 radical (unpaired) electrons. The van der Waals surface area contributed by atoms with Crippen LogP contribution < -0.4 is 0 Å². The number of benzene rings is 11. The average Bonchev–Trinajstić information content (AvgIpc) is 3.91. The van der Waals surface area contributed by atoms with Crippen LogP contribution in [0.1, 0.15) is 0 Å². The van der Waals surface area contributed by atoms with E-state index in [1.807, 2.05) is 30.3 Å².